The van der Waals surface area contributed by atoms with Crippen LogP contribution >= 0.6 is 28.1 Å². The summed E-state index contributed by atoms with van der Waals surface area (Å²) in [7, 11) is 0. The van der Waals surface area contributed by atoms with Crippen LogP contribution in [0.4, 0.5) is 11.4 Å². The Morgan fingerprint density at radius 1 is 1.19 bits per heavy atom. The van der Waals surface area contributed by atoms with Gasteiger partial charge in [-0.05, 0) is 48.7 Å². The van der Waals surface area contributed by atoms with Gasteiger partial charge in [0.2, 0.25) is 0 Å². The minimum Gasteiger partial charge on any atom is -0.389 e. The number of hydrogen-bond acceptors (Lipinski definition) is 2. The average Bonchev–Trinajstić information content (AvgIpc) is 2.48. The number of unbranched alkanes of at least 4 members (excludes halogenated alkanes) is 1. The molecule has 2 nitrogen and oxygen atoms in total. The summed E-state index contributed by atoms with van der Waals surface area (Å²) in [5.74, 6) is 0. The fourth-order valence-electron chi connectivity index (χ4n) is 2.12. The van der Waals surface area contributed by atoms with Crippen molar-refractivity contribution in [2.45, 2.75) is 26.2 Å². The Kier molecular flexibility index (Phi) is 5.76. The van der Waals surface area contributed by atoms with Gasteiger partial charge in [0, 0.05) is 21.4 Å². The summed E-state index contributed by atoms with van der Waals surface area (Å²) in [6, 6.07) is 14.4. The lowest BCUT2D eigenvalue weighted by Gasteiger charge is -2.12. The lowest BCUT2D eigenvalue weighted by Crippen LogP contribution is -2.12. The second kappa shape index (κ2) is 7.57. The summed E-state index contributed by atoms with van der Waals surface area (Å²) < 4.78 is 0.964. The van der Waals surface area contributed by atoms with Crippen LogP contribution < -0.4 is 11.1 Å². The highest BCUT2D eigenvalue weighted by atomic mass is 79.9. The van der Waals surface area contributed by atoms with Crippen molar-refractivity contribution in [3.05, 3.63) is 58.1 Å². The highest BCUT2D eigenvalue weighted by Gasteiger charge is 2.06. The maximum Gasteiger partial charge on any atom is 0.106 e. The van der Waals surface area contributed by atoms with Crippen molar-refractivity contribution in [3.8, 4) is 0 Å². The van der Waals surface area contributed by atoms with Crippen molar-refractivity contribution in [1.29, 1.82) is 0 Å². The molecular weight excluding hydrogens is 344 g/mol. The monoisotopic (exact) mass is 362 g/mol. The maximum absolute atomic E-state index is 5.79. The van der Waals surface area contributed by atoms with Crippen molar-refractivity contribution in [2.24, 2.45) is 5.73 Å². The van der Waals surface area contributed by atoms with Gasteiger partial charge in [-0.25, -0.2) is 0 Å². The standard InChI is InChI=1S/C17H19BrN2S/c1-2-3-4-12-5-8-14(9-6-12)20-16-10-7-13(18)11-15(16)17(19)21/h5-11,20H,2-4H2,1H3,(H2,19,21). The third-order valence-corrected chi connectivity index (χ3v) is 4.01. The fourth-order valence-corrected chi connectivity index (χ4v) is 2.65. The summed E-state index contributed by atoms with van der Waals surface area (Å²) in [4.78, 5) is 0.387. The fraction of sp³-hybridized carbons (Fsp3) is 0.235. The summed E-state index contributed by atoms with van der Waals surface area (Å²) in [6.45, 7) is 2.21. The summed E-state index contributed by atoms with van der Waals surface area (Å²) in [5, 5.41) is 3.38. The van der Waals surface area contributed by atoms with Crippen LogP contribution in [0.3, 0.4) is 0 Å². The zero-order valence-corrected chi connectivity index (χ0v) is 14.4. The van der Waals surface area contributed by atoms with Gasteiger partial charge in [0.25, 0.3) is 0 Å². The average molecular weight is 363 g/mol. The van der Waals surface area contributed by atoms with Crippen LogP contribution in [-0.2, 0) is 6.42 Å². The summed E-state index contributed by atoms with van der Waals surface area (Å²) in [6.07, 6.45) is 3.58. The van der Waals surface area contributed by atoms with Gasteiger partial charge in [-0.15, -0.1) is 0 Å². The lowest BCUT2D eigenvalue weighted by molar-refractivity contribution is 0.795. The van der Waals surface area contributed by atoms with E-state index >= 15 is 0 Å². The number of halogens is 1. The van der Waals surface area contributed by atoms with Crippen molar-refractivity contribution in [1.82, 2.24) is 0 Å². The molecule has 0 aliphatic rings. The van der Waals surface area contributed by atoms with E-state index < -0.39 is 0 Å². The van der Waals surface area contributed by atoms with E-state index in [0.29, 0.717) is 4.99 Å². The van der Waals surface area contributed by atoms with Gasteiger partial charge in [-0.2, -0.15) is 0 Å². The van der Waals surface area contributed by atoms with Crippen LogP contribution in [0.25, 0.3) is 0 Å². The van der Waals surface area contributed by atoms with Crippen LogP contribution in [0.5, 0.6) is 0 Å². The third-order valence-electron chi connectivity index (χ3n) is 3.30. The van der Waals surface area contributed by atoms with Gasteiger partial charge in [-0.3, -0.25) is 0 Å². The maximum atomic E-state index is 5.79. The van der Waals surface area contributed by atoms with Crippen LogP contribution in [0.2, 0.25) is 0 Å². The summed E-state index contributed by atoms with van der Waals surface area (Å²) in [5.41, 5.74) is 9.96. The Bertz CT molecular complexity index is 623. The van der Waals surface area contributed by atoms with Crippen LogP contribution in [0.1, 0.15) is 30.9 Å². The summed E-state index contributed by atoms with van der Waals surface area (Å²) >= 11 is 8.55. The number of benzene rings is 2. The normalized spacial score (nSPS) is 10.4. The van der Waals surface area contributed by atoms with Crippen LogP contribution in [0.15, 0.2) is 46.9 Å². The highest BCUT2D eigenvalue weighted by molar-refractivity contribution is 9.10. The first kappa shape index (κ1) is 16.0. The molecule has 2 aromatic rings. The van der Waals surface area contributed by atoms with Gasteiger partial charge in [-0.1, -0.05) is 53.6 Å². The molecule has 0 aliphatic carbocycles. The predicted molar refractivity (Wildman–Crippen MR) is 98.4 cm³/mol. The van der Waals surface area contributed by atoms with Gasteiger partial charge >= 0.3 is 0 Å². The molecule has 0 aromatic heterocycles. The molecule has 0 bridgehead atoms. The molecule has 21 heavy (non-hydrogen) atoms. The molecule has 110 valence electrons. The number of nitrogens with one attached hydrogen (secondary N) is 1. The van der Waals surface area contributed by atoms with E-state index in [1.165, 1.54) is 18.4 Å². The van der Waals surface area contributed by atoms with Crippen LogP contribution in [0, 0.1) is 0 Å². The first-order valence-electron chi connectivity index (χ1n) is 7.05. The number of rotatable bonds is 6. The van der Waals surface area contributed by atoms with Crippen molar-refractivity contribution < 1.29 is 0 Å². The molecule has 0 radical (unpaired) electrons. The molecule has 2 rings (SSSR count). The topological polar surface area (TPSA) is 38.0 Å². The second-order valence-corrected chi connectivity index (χ2v) is 6.34. The Hall–Kier alpha value is -1.39. The van der Waals surface area contributed by atoms with Crippen molar-refractivity contribution in [2.75, 3.05) is 5.32 Å². The Morgan fingerprint density at radius 2 is 1.90 bits per heavy atom. The Balaban J connectivity index is 2.16. The number of thiocarbonyl (C=S) groups is 1. The Morgan fingerprint density at radius 3 is 2.52 bits per heavy atom. The number of hydrogen-bond donors (Lipinski definition) is 2. The minimum absolute atomic E-state index is 0.387. The van der Waals surface area contributed by atoms with E-state index in [-0.39, 0.29) is 0 Å². The first-order valence-corrected chi connectivity index (χ1v) is 8.25. The van der Waals surface area contributed by atoms with E-state index in [1.807, 2.05) is 18.2 Å². The molecule has 0 spiro atoms. The molecule has 2 aromatic carbocycles. The van der Waals surface area contributed by atoms with Gasteiger partial charge in [0.15, 0.2) is 0 Å². The van der Waals surface area contributed by atoms with E-state index in [0.717, 1.165) is 27.8 Å². The second-order valence-electron chi connectivity index (χ2n) is 4.98. The smallest absolute Gasteiger partial charge is 0.106 e. The van der Waals surface area contributed by atoms with Crippen LogP contribution in [-0.4, -0.2) is 4.99 Å². The van der Waals surface area contributed by atoms with E-state index in [9.17, 15) is 0 Å². The number of anilines is 2. The molecule has 0 heterocycles. The lowest BCUT2D eigenvalue weighted by atomic mass is 10.1. The van der Waals surface area contributed by atoms with Crippen molar-refractivity contribution in [3.63, 3.8) is 0 Å². The number of aryl methyl sites for hydroxylation is 1. The van der Waals surface area contributed by atoms with E-state index in [1.54, 1.807) is 0 Å². The van der Waals surface area contributed by atoms with E-state index in [4.69, 9.17) is 18.0 Å². The highest BCUT2D eigenvalue weighted by Crippen LogP contribution is 2.25. The molecule has 0 saturated heterocycles. The molecular formula is C17H19BrN2S. The molecule has 0 amide bonds. The quantitative estimate of drug-likeness (QED) is 0.696. The molecule has 3 N–H and O–H groups in total. The largest absolute Gasteiger partial charge is 0.389 e. The Labute approximate surface area is 139 Å². The predicted octanol–water partition coefficient (Wildman–Crippen LogP) is 5.17. The zero-order valence-electron chi connectivity index (χ0n) is 12.0. The molecule has 4 heteroatoms. The van der Waals surface area contributed by atoms with E-state index in [2.05, 4.69) is 52.4 Å². The van der Waals surface area contributed by atoms with Crippen molar-refractivity contribution >= 4 is 44.5 Å². The molecule has 0 fully saturated rings. The van der Waals surface area contributed by atoms with Gasteiger partial charge < -0.3 is 11.1 Å². The molecule has 0 saturated carbocycles. The number of nitrogens with two attached hydrogens (primary N) is 1. The van der Waals surface area contributed by atoms with Gasteiger partial charge in [0.05, 0.1) is 0 Å². The SMILES string of the molecule is CCCCc1ccc(Nc2ccc(Br)cc2C(N)=S)cc1. The first-order chi connectivity index (χ1) is 10.1. The third kappa shape index (κ3) is 4.55. The molecule has 0 atom stereocenters. The van der Waals surface area contributed by atoms with Gasteiger partial charge in [0.1, 0.15) is 4.99 Å². The zero-order chi connectivity index (χ0) is 15.2. The molecule has 0 aliphatic heterocycles. The molecule has 0 unspecified atom stereocenters. The minimum atomic E-state index is 0.387.